The molecule has 0 aliphatic heterocycles. The number of rotatable bonds is 6. The Morgan fingerprint density at radius 3 is 2.83 bits per heavy atom. The Morgan fingerprint density at radius 2 is 2.22 bits per heavy atom. The van der Waals surface area contributed by atoms with Gasteiger partial charge in [0.1, 0.15) is 6.61 Å². The van der Waals surface area contributed by atoms with Gasteiger partial charge < -0.3 is 10.1 Å². The predicted octanol–water partition coefficient (Wildman–Crippen LogP) is 2.77. The lowest BCUT2D eigenvalue weighted by Gasteiger charge is -2.37. The van der Waals surface area contributed by atoms with E-state index in [-0.39, 0.29) is 18.6 Å². The van der Waals surface area contributed by atoms with E-state index in [4.69, 9.17) is 4.74 Å². The predicted molar refractivity (Wildman–Crippen MR) is 74.3 cm³/mol. The Bertz CT molecular complexity index is 276. The first kappa shape index (κ1) is 15.2. The van der Waals surface area contributed by atoms with E-state index in [2.05, 4.69) is 32.7 Å². The van der Waals surface area contributed by atoms with Crippen molar-refractivity contribution in [2.75, 3.05) is 13.2 Å². The highest BCUT2D eigenvalue weighted by molar-refractivity contribution is 5.77. The summed E-state index contributed by atoms with van der Waals surface area (Å²) in [7, 11) is 0. The molecule has 3 heteroatoms. The summed E-state index contributed by atoms with van der Waals surface area (Å²) in [5.41, 5.74) is 0. The zero-order chi connectivity index (χ0) is 13.5. The average Bonchev–Trinajstić information content (AvgIpc) is 2.33. The highest BCUT2D eigenvalue weighted by Crippen LogP contribution is 2.35. The fraction of sp³-hybridized carbons (Fsp3) is 0.800. The van der Waals surface area contributed by atoms with Gasteiger partial charge in [-0.15, -0.1) is 6.58 Å². The van der Waals surface area contributed by atoms with Crippen LogP contribution in [0, 0.1) is 17.8 Å². The van der Waals surface area contributed by atoms with Crippen molar-refractivity contribution in [1.29, 1.82) is 0 Å². The molecule has 1 fully saturated rings. The lowest BCUT2D eigenvalue weighted by Crippen LogP contribution is -2.37. The third-order valence-electron chi connectivity index (χ3n) is 3.83. The molecule has 0 aromatic heterocycles. The van der Waals surface area contributed by atoms with E-state index in [9.17, 15) is 4.79 Å². The van der Waals surface area contributed by atoms with E-state index >= 15 is 0 Å². The second kappa shape index (κ2) is 7.57. The SMILES string of the molecule is C=CCNC(=O)CO[C@@H]1C[C@H](C)CC[C@H]1C(C)C. The molecule has 3 nitrogen and oxygen atoms in total. The molecule has 1 aliphatic carbocycles. The number of ether oxygens (including phenoxy) is 1. The molecule has 0 heterocycles. The molecule has 104 valence electrons. The summed E-state index contributed by atoms with van der Waals surface area (Å²) in [5, 5.41) is 2.75. The van der Waals surface area contributed by atoms with Crippen molar-refractivity contribution < 1.29 is 9.53 Å². The van der Waals surface area contributed by atoms with Gasteiger partial charge >= 0.3 is 0 Å². The quantitative estimate of drug-likeness (QED) is 0.739. The normalized spacial score (nSPS) is 28.1. The number of hydrogen-bond acceptors (Lipinski definition) is 2. The Morgan fingerprint density at radius 1 is 1.50 bits per heavy atom. The van der Waals surface area contributed by atoms with Gasteiger partial charge in [0, 0.05) is 6.54 Å². The van der Waals surface area contributed by atoms with Crippen molar-refractivity contribution >= 4 is 5.91 Å². The Kier molecular flexibility index (Phi) is 6.41. The molecule has 1 amide bonds. The summed E-state index contributed by atoms with van der Waals surface area (Å²) >= 11 is 0. The van der Waals surface area contributed by atoms with Gasteiger partial charge in [0.25, 0.3) is 0 Å². The van der Waals surface area contributed by atoms with Crippen molar-refractivity contribution in [2.24, 2.45) is 17.8 Å². The first-order valence-corrected chi connectivity index (χ1v) is 7.03. The number of hydrogen-bond donors (Lipinski definition) is 1. The van der Waals surface area contributed by atoms with Crippen LogP contribution in [-0.2, 0) is 9.53 Å². The first-order chi connectivity index (χ1) is 8.54. The largest absolute Gasteiger partial charge is 0.368 e. The standard InChI is InChI=1S/C15H27NO2/c1-5-8-16-15(17)10-18-14-9-12(4)6-7-13(14)11(2)3/h5,11-14H,1,6-10H2,2-4H3,(H,16,17)/t12-,13+,14-/m1/s1. The average molecular weight is 253 g/mol. The molecule has 18 heavy (non-hydrogen) atoms. The molecule has 0 radical (unpaired) electrons. The summed E-state index contributed by atoms with van der Waals surface area (Å²) in [6, 6.07) is 0. The van der Waals surface area contributed by atoms with Gasteiger partial charge in [-0.1, -0.05) is 33.3 Å². The maximum Gasteiger partial charge on any atom is 0.246 e. The van der Waals surface area contributed by atoms with Crippen LogP contribution in [0.25, 0.3) is 0 Å². The van der Waals surface area contributed by atoms with Gasteiger partial charge in [0.05, 0.1) is 6.10 Å². The molecular formula is C15H27NO2. The summed E-state index contributed by atoms with van der Waals surface area (Å²) in [4.78, 5) is 11.5. The van der Waals surface area contributed by atoms with E-state index in [0.717, 1.165) is 6.42 Å². The molecular weight excluding hydrogens is 226 g/mol. The fourth-order valence-corrected chi connectivity index (χ4v) is 2.73. The van der Waals surface area contributed by atoms with Crippen LogP contribution in [0.3, 0.4) is 0 Å². The van der Waals surface area contributed by atoms with Crippen LogP contribution in [-0.4, -0.2) is 25.2 Å². The minimum Gasteiger partial charge on any atom is -0.368 e. The van der Waals surface area contributed by atoms with Gasteiger partial charge in [-0.05, 0) is 30.6 Å². The van der Waals surface area contributed by atoms with Gasteiger partial charge in [-0.25, -0.2) is 0 Å². The minimum atomic E-state index is -0.0457. The zero-order valence-electron chi connectivity index (χ0n) is 11.9. The Balaban J connectivity index is 2.40. The van der Waals surface area contributed by atoms with Gasteiger partial charge in [-0.2, -0.15) is 0 Å². The van der Waals surface area contributed by atoms with Crippen LogP contribution in [0.15, 0.2) is 12.7 Å². The molecule has 0 aromatic carbocycles. The van der Waals surface area contributed by atoms with Gasteiger partial charge in [0.2, 0.25) is 5.91 Å². The lowest BCUT2D eigenvalue weighted by atomic mass is 9.75. The van der Waals surface area contributed by atoms with E-state index in [1.165, 1.54) is 12.8 Å². The number of nitrogens with one attached hydrogen (secondary N) is 1. The smallest absolute Gasteiger partial charge is 0.246 e. The van der Waals surface area contributed by atoms with Crippen LogP contribution < -0.4 is 5.32 Å². The lowest BCUT2D eigenvalue weighted by molar-refractivity contribution is -0.131. The molecule has 1 N–H and O–H groups in total. The first-order valence-electron chi connectivity index (χ1n) is 7.03. The molecule has 1 rings (SSSR count). The Hall–Kier alpha value is -0.830. The van der Waals surface area contributed by atoms with Crippen LogP contribution in [0.5, 0.6) is 0 Å². The maximum atomic E-state index is 11.5. The second-order valence-electron chi connectivity index (χ2n) is 5.77. The molecule has 3 atom stereocenters. The number of carbonyl (C=O) groups is 1. The highest BCUT2D eigenvalue weighted by Gasteiger charge is 2.31. The molecule has 0 spiro atoms. The van der Waals surface area contributed by atoms with Crippen LogP contribution in [0.2, 0.25) is 0 Å². The van der Waals surface area contributed by atoms with Crippen molar-refractivity contribution in [3.63, 3.8) is 0 Å². The van der Waals surface area contributed by atoms with E-state index in [1.807, 2.05) is 0 Å². The van der Waals surface area contributed by atoms with Crippen LogP contribution in [0.1, 0.15) is 40.0 Å². The molecule has 0 aromatic rings. The van der Waals surface area contributed by atoms with Crippen molar-refractivity contribution in [3.05, 3.63) is 12.7 Å². The fourth-order valence-electron chi connectivity index (χ4n) is 2.73. The molecule has 1 aliphatic rings. The summed E-state index contributed by atoms with van der Waals surface area (Å²) < 4.78 is 5.84. The number of carbonyl (C=O) groups excluding carboxylic acids is 1. The van der Waals surface area contributed by atoms with Crippen molar-refractivity contribution in [2.45, 2.75) is 46.1 Å². The minimum absolute atomic E-state index is 0.0457. The third kappa shape index (κ3) is 4.81. The van der Waals surface area contributed by atoms with Gasteiger partial charge in [-0.3, -0.25) is 4.79 Å². The molecule has 0 unspecified atom stereocenters. The number of amides is 1. The van der Waals surface area contributed by atoms with E-state index in [1.54, 1.807) is 6.08 Å². The van der Waals surface area contributed by atoms with Gasteiger partial charge in [0.15, 0.2) is 0 Å². The zero-order valence-corrected chi connectivity index (χ0v) is 11.9. The van der Waals surface area contributed by atoms with E-state index in [0.29, 0.717) is 24.3 Å². The molecule has 0 bridgehead atoms. The highest BCUT2D eigenvalue weighted by atomic mass is 16.5. The second-order valence-corrected chi connectivity index (χ2v) is 5.77. The summed E-state index contributed by atoms with van der Waals surface area (Å²) in [6.07, 6.45) is 5.50. The van der Waals surface area contributed by atoms with E-state index < -0.39 is 0 Å². The molecule has 1 saturated carbocycles. The Labute approximate surface area is 111 Å². The van der Waals surface area contributed by atoms with Crippen molar-refractivity contribution in [3.8, 4) is 0 Å². The summed E-state index contributed by atoms with van der Waals surface area (Å²) in [6.45, 7) is 11.0. The third-order valence-corrected chi connectivity index (χ3v) is 3.83. The topological polar surface area (TPSA) is 38.3 Å². The van der Waals surface area contributed by atoms with Crippen LogP contribution >= 0.6 is 0 Å². The van der Waals surface area contributed by atoms with Crippen LogP contribution in [0.4, 0.5) is 0 Å². The van der Waals surface area contributed by atoms with Crippen molar-refractivity contribution in [1.82, 2.24) is 5.32 Å². The maximum absolute atomic E-state index is 11.5. The summed E-state index contributed by atoms with van der Waals surface area (Å²) in [5.74, 6) is 1.88. The monoisotopic (exact) mass is 253 g/mol. The molecule has 0 saturated heterocycles.